The van der Waals surface area contributed by atoms with Crippen molar-refractivity contribution in [2.24, 2.45) is 11.7 Å². The summed E-state index contributed by atoms with van der Waals surface area (Å²) >= 11 is 0. The van der Waals surface area contributed by atoms with Crippen LogP contribution in [0.1, 0.15) is 33.1 Å². The molecule has 0 fully saturated rings. The van der Waals surface area contributed by atoms with Crippen molar-refractivity contribution < 1.29 is 14.3 Å². The van der Waals surface area contributed by atoms with Crippen LogP contribution in [0.25, 0.3) is 0 Å². The predicted molar refractivity (Wildman–Crippen MR) is 61.7 cm³/mol. The number of ether oxygens (including phenoxy) is 1. The number of carbonyl (C=O) groups excluding carboxylic acids is 2. The zero-order valence-corrected chi connectivity index (χ0v) is 10.1. The van der Waals surface area contributed by atoms with E-state index in [1.165, 1.54) is 0 Å². The summed E-state index contributed by atoms with van der Waals surface area (Å²) in [6, 6.07) is 0. The summed E-state index contributed by atoms with van der Waals surface area (Å²) in [5.74, 6) is -0.376. The Morgan fingerprint density at radius 2 is 2.06 bits per heavy atom. The van der Waals surface area contributed by atoms with E-state index in [9.17, 15) is 9.59 Å². The van der Waals surface area contributed by atoms with Crippen molar-refractivity contribution in [3.8, 4) is 0 Å². The molecule has 5 nitrogen and oxygen atoms in total. The molecule has 0 radical (unpaired) electrons. The standard InChI is InChI=1S/C11H22N2O3/c1-3-9(8-12)11(15)13-7-5-6-10(14)16-4-2/h9H,3-8,12H2,1-2H3,(H,13,15). The molecule has 1 amide bonds. The smallest absolute Gasteiger partial charge is 0.305 e. The van der Waals surface area contributed by atoms with Crippen LogP contribution in [0.15, 0.2) is 0 Å². The van der Waals surface area contributed by atoms with Crippen LogP contribution < -0.4 is 11.1 Å². The van der Waals surface area contributed by atoms with E-state index in [2.05, 4.69) is 5.32 Å². The van der Waals surface area contributed by atoms with Crippen LogP contribution in [0.4, 0.5) is 0 Å². The van der Waals surface area contributed by atoms with Crippen LogP contribution in [0.5, 0.6) is 0 Å². The fourth-order valence-electron chi connectivity index (χ4n) is 1.28. The summed E-state index contributed by atoms with van der Waals surface area (Å²) in [5, 5.41) is 2.76. The molecule has 0 bridgehead atoms. The number of hydrogen-bond acceptors (Lipinski definition) is 4. The zero-order chi connectivity index (χ0) is 12.4. The van der Waals surface area contributed by atoms with E-state index in [0.29, 0.717) is 32.5 Å². The van der Waals surface area contributed by atoms with E-state index in [0.717, 1.165) is 6.42 Å². The Labute approximate surface area is 96.7 Å². The summed E-state index contributed by atoms with van der Waals surface area (Å²) in [6.45, 7) is 4.95. The largest absolute Gasteiger partial charge is 0.466 e. The van der Waals surface area contributed by atoms with Gasteiger partial charge in [-0.1, -0.05) is 6.92 Å². The Morgan fingerprint density at radius 3 is 2.56 bits per heavy atom. The minimum Gasteiger partial charge on any atom is -0.466 e. The van der Waals surface area contributed by atoms with Gasteiger partial charge in [-0.15, -0.1) is 0 Å². The topological polar surface area (TPSA) is 81.4 Å². The van der Waals surface area contributed by atoms with Crippen molar-refractivity contribution in [1.29, 1.82) is 0 Å². The quantitative estimate of drug-likeness (QED) is 0.468. The molecular formula is C11H22N2O3. The number of nitrogens with two attached hydrogens (primary N) is 1. The molecule has 1 atom stereocenters. The summed E-state index contributed by atoms with van der Waals surface area (Å²) in [6.07, 6.45) is 1.68. The molecule has 0 spiro atoms. The molecule has 94 valence electrons. The molecule has 1 unspecified atom stereocenters. The second-order valence-electron chi connectivity index (χ2n) is 3.54. The Kier molecular flexibility index (Phi) is 8.52. The van der Waals surface area contributed by atoms with Crippen LogP contribution in [0, 0.1) is 5.92 Å². The SMILES string of the molecule is CCOC(=O)CCCNC(=O)C(CC)CN. The van der Waals surface area contributed by atoms with Gasteiger partial charge < -0.3 is 15.8 Å². The highest BCUT2D eigenvalue weighted by atomic mass is 16.5. The molecule has 0 saturated carbocycles. The Morgan fingerprint density at radius 1 is 1.38 bits per heavy atom. The van der Waals surface area contributed by atoms with Crippen molar-refractivity contribution in [2.45, 2.75) is 33.1 Å². The Hall–Kier alpha value is -1.10. The van der Waals surface area contributed by atoms with Gasteiger partial charge in [0.2, 0.25) is 5.91 Å². The molecule has 5 heteroatoms. The van der Waals surface area contributed by atoms with Gasteiger partial charge >= 0.3 is 5.97 Å². The van der Waals surface area contributed by atoms with Crippen LogP contribution in [-0.2, 0) is 14.3 Å². The molecule has 0 saturated heterocycles. The minimum atomic E-state index is -0.220. The van der Waals surface area contributed by atoms with Gasteiger partial charge in [-0.05, 0) is 19.8 Å². The number of amides is 1. The first-order valence-electron chi connectivity index (χ1n) is 5.79. The highest BCUT2D eigenvalue weighted by molar-refractivity contribution is 5.78. The summed E-state index contributed by atoms with van der Waals surface area (Å²) in [4.78, 5) is 22.4. The van der Waals surface area contributed by atoms with Gasteiger partial charge in [0.15, 0.2) is 0 Å². The third-order valence-electron chi connectivity index (χ3n) is 2.31. The second kappa shape index (κ2) is 9.15. The van der Waals surface area contributed by atoms with E-state index in [-0.39, 0.29) is 17.8 Å². The number of rotatable bonds is 8. The number of nitrogens with one attached hydrogen (secondary N) is 1. The first kappa shape index (κ1) is 14.9. The number of hydrogen-bond donors (Lipinski definition) is 2. The van der Waals surface area contributed by atoms with E-state index < -0.39 is 0 Å². The summed E-state index contributed by atoms with van der Waals surface area (Å²) in [5.41, 5.74) is 5.44. The average Bonchev–Trinajstić information content (AvgIpc) is 2.26. The lowest BCUT2D eigenvalue weighted by atomic mass is 10.1. The molecule has 0 heterocycles. The molecular weight excluding hydrogens is 208 g/mol. The highest BCUT2D eigenvalue weighted by Gasteiger charge is 2.13. The molecule has 0 aromatic carbocycles. The van der Waals surface area contributed by atoms with Gasteiger partial charge in [-0.25, -0.2) is 0 Å². The third kappa shape index (κ3) is 6.40. The normalized spacial score (nSPS) is 11.9. The van der Waals surface area contributed by atoms with E-state index in [1.54, 1.807) is 6.92 Å². The van der Waals surface area contributed by atoms with Crippen molar-refractivity contribution >= 4 is 11.9 Å². The highest BCUT2D eigenvalue weighted by Crippen LogP contribution is 1.99. The number of esters is 1. The summed E-state index contributed by atoms with van der Waals surface area (Å²) < 4.78 is 4.77. The molecule has 0 aliphatic rings. The van der Waals surface area contributed by atoms with E-state index in [4.69, 9.17) is 10.5 Å². The van der Waals surface area contributed by atoms with Gasteiger partial charge in [0.05, 0.1) is 6.61 Å². The lowest BCUT2D eigenvalue weighted by Crippen LogP contribution is -2.35. The monoisotopic (exact) mass is 230 g/mol. The molecule has 3 N–H and O–H groups in total. The molecule has 0 rings (SSSR count). The first-order valence-corrected chi connectivity index (χ1v) is 5.79. The van der Waals surface area contributed by atoms with Gasteiger partial charge in [-0.3, -0.25) is 9.59 Å². The maximum Gasteiger partial charge on any atom is 0.305 e. The van der Waals surface area contributed by atoms with Crippen molar-refractivity contribution in [1.82, 2.24) is 5.32 Å². The maximum absolute atomic E-state index is 11.5. The molecule has 0 aliphatic carbocycles. The van der Waals surface area contributed by atoms with Crippen molar-refractivity contribution in [3.63, 3.8) is 0 Å². The Bertz CT molecular complexity index is 215. The zero-order valence-electron chi connectivity index (χ0n) is 10.1. The fraction of sp³-hybridized carbons (Fsp3) is 0.818. The summed E-state index contributed by atoms with van der Waals surface area (Å²) in [7, 11) is 0. The van der Waals surface area contributed by atoms with E-state index in [1.807, 2.05) is 6.92 Å². The van der Waals surface area contributed by atoms with Crippen molar-refractivity contribution in [2.75, 3.05) is 19.7 Å². The third-order valence-corrected chi connectivity index (χ3v) is 2.31. The molecule has 16 heavy (non-hydrogen) atoms. The van der Waals surface area contributed by atoms with Crippen LogP contribution in [0.2, 0.25) is 0 Å². The predicted octanol–water partition coefficient (Wildman–Crippen LogP) is 0.431. The molecule has 0 aliphatic heterocycles. The molecule has 0 aromatic rings. The lowest BCUT2D eigenvalue weighted by molar-refractivity contribution is -0.143. The average molecular weight is 230 g/mol. The minimum absolute atomic E-state index is 0.0335. The van der Waals surface area contributed by atoms with Crippen molar-refractivity contribution in [3.05, 3.63) is 0 Å². The van der Waals surface area contributed by atoms with Gasteiger partial charge in [-0.2, -0.15) is 0 Å². The molecule has 0 aromatic heterocycles. The van der Waals surface area contributed by atoms with Crippen LogP contribution >= 0.6 is 0 Å². The van der Waals surface area contributed by atoms with E-state index >= 15 is 0 Å². The second-order valence-corrected chi connectivity index (χ2v) is 3.54. The van der Waals surface area contributed by atoms with Crippen LogP contribution in [0.3, 0.4) is 0 Å². The number of carbonyl (C=O) groups is 2. The van der Waals surface area contributed by atoms with Gasteiger partial charge in [0, 0.05) is 25.4 Å². The first-order chi connectivity index (χ1) is 7.65. The van der Waals surface area contributed by atoms with Gasteiger partial charge in [0.25, 0.3) is 0 Å². The van der Waals surface area contributed by atoms with Gasteiger partial charge in [0.1, 0.15) is 0 Å². The fourth-order valence-corrected chi connectivity index (χ4v) is 1.28. The van der Waals surface area contributed by atoms with Crippen LogP contribution in [-0.4, -0.2) is 31.6 Å². The lowest BCUT2D eigenvalue weighted by Gasteiger charge is -2.12. The maximum atomic E-state index is 11.5. The Balaban J connectivity index is 3.58.